The molecule has 7 nitrogen and oxygen atoms in total. The molecule has 6 rings (SSSR count). The van der Waals surface area contributed by atoms with Gasteiger partial charge in [0.1, 0.15) is 6.54 Å². The normalized spacial score (nSPS) is 32.2. The third-order valence-corrected chi connectivity index (χ3v) is 7.01. The van der Waals surface area contributed by atoms with Gasteiger partial charge in [-0.2, -0.15) is 0 Å². The lowest BCUT2D eigenvalue weighted by molar-refractivity contribution is -0.142. The molecule has 1 heterocycles. The first kappa shape index (κ1) is 20.0. The summed E-state index contributed by atoms with van der Waals surface area (Å²) < 4.78 is 5.19. The molecule has 2 bridgehead atoms. The van der Waals surface area contributed by atoms with Gasteiger partial charge in [0.15, 0.2) is 0 Å². The highest BCUT2D eigenvalue weighted by molar-refractivity contribution is 6.09. The SMILES string of the molecule is CC(C)COC(=O)c1ccc(NC(=O)CN2C(=O)[C@@H]3[C@H]4C=C[C@@H]([C@@H]5C[C@@H]45)[C@@H]3C2=O)cc1. The molecule has 5 aliphatic rings. The van der Waals surface area contributed by atoms with Gasteiger partial charge in [-0.1, -0.05) is 26.0 Å². The summed E-state index contributed by atoms with van der Waals surface area (Å²) >= 11 is 0. The van der Waals surface area contributed by atoms with Crippen molar-refractivity contribution in [2.75, 3.05) is 18.5 Å². The van der Waals surface area contributed by atoms with Gasteiger partial charge in [-0.25, -0.2) is 4.79 Å². The maximum Gasteiger partial charge on any atom is 0.338 e. The number of imide groups is 1. The molecular formula is C24H26N2O5. The Hall–Kier alpha value is -2.96. The second-order valence-electron chi connectivity index (χ2n) is 9.54. The molecule has 0 radical (unpaired) electrons. The van der Waals surface area contributed by atoms with Gasteiger partial charge >= 0.3 is 5.97 Å². The van der Waals surface area contributed by atoms with Crippen LogP contribution in [0.25, 0.3) is 0 Å². The van der Waals surface area contributed by atoms with Crippen LogP contribution in [0.3, 0.4) is 0 Å². The quantitative estimate of drug-likeness (QED) is 0.432. The van der Waals surface area contributed by atoms with E-state index in [2.05, 4.69) is 17.5 Å². The van der Waals surface area contributed by atoms with E-state index in [1.807, 2.05) is 13.8 Å². The van der Waals surface area contributed by atoms with Gasteiger partial charge in [0.05, 0.1) is 24.0 Å². The fourth-order valence-corrected chi connectivity index (χ4v) is 5.53. The van der Waals surface area contributed by atoms with Crippen molar-refractivity contribution < 1.29 is 23.9 Å². The van der Waals surface area contributed by atoms with Gasteiger partial charge < -0.3 is 10.1 Å². The zero-order valence-electron chi connectivity index (χ0n) is 17.6. The van der Waals surface area contributed by atoms with Crippen molar-refractivity contribution in [1.82, 2.24) is 4.90 Å². The molecule has 1 aromatic carbocycles. The number of likely N-dealkylation sites (tertiary alicyclic amines) is 1. The van der Waals surface area contributed by atoms with E-state index in [-0.39, 0.29) is 47.9 Å². The number of ether oxygens (including phenoxy) is 1. The Morgan fingerprint density at radius 2 is 1.61 bits per heavy atom. The topological polar surface area (TPSA) is 92.8 Å². The average molecular weight is 422 g/mol. The van der Waals surface area contributed by atoms with Crippen LogP contribution < -0.4 is 5.32 Å². The van der Waals surface area contributed by atoms with Crippen molar-refractivity contribution in [2.45, 2.75) is 20.3 Å². The van der Waals surface area contributed by atoms with Gasteiger partial charge in [0.2, 0.25) is 17.7 Å². The van der Waals surface area contributed by atoms with Crippen LogP contribution in [0, 0.1) is 41.4 Å². The Balaban J connectivity index is 1.20. The van der Waals surface area contributed by atoms with E-state index in [0.29, 0.717) is 29.7 Å². The van der Waals surface area contributed by atoms with E-state index in [9.17, 15) is 19.2 Å². The standard InChI is InChI=1S/C24H26N2O5/c1-12(2)11-31-24(30)13-3-5-14(6-4-13)25-19(27)10-26-22(28)20-15-7-8-16(18-9-17(15)18)21(20)23(26)29/h3-8,12,15-18,20-21H,9-11H2,1-2H3,(H,25,27)/t15-,16-,17-,18-,20-,21+/m0/s1. The molecule has 0 aromatic heterocycles. The number of carbonyl (C=O) groups excluding carboxylic acids is 4. The van der Waals surface area contributed by atoms with Gasteiger partial charge in [0.25, 0.3) is 0 Å². The number of hydrogen-bond donors (Lipinski definition) is 1. The first-order chi connectivity index (χ1) is 14.8. The van der Waals surface area contributed by atoms with E-state index in [1.165, 1.54) is 0 Å². The average Bonchev–Trinajstić information content (AvgIpc) is 3.53. The van der Waals surface area contributed by atoms with E-state index >= 15 is 0 Å². The number of carbonyl (C=O) groups is 4. The van der Waals surface area contributed by atoms with Crippen LogP contribution in [0.15, 0.2) is 36.4 Å². The Kier molecular flexibility index (Phi) is 4.72. The molecule has 6 atom stereocenters. The Morgan fingerprint density at radius 1 is 1.03 bits per heavy atom. The number of hydrogen-bond acceptors (Lipinski definition) is 5. The van der Waals surface area contributed by atoms with Crippen LogP contribution in [0.1, 0.15) is 30.6 Å². The Morgan fingerprint density at radius 3 is 2.16 bits per heavy atom. The molecule has 0 spiro atoms. The number of esters is 1. The molecule has 162 valence electrons. The minimum Gasteiger partial charge on any atom is -0.462 e. The highest BCUT2D eigenvalue weighted by atomic mass is 16.5. The van der Waals surface area contributed by atoms with Crippen molar-refractivity contribution >= 4 is 29.4 Å². The molecule has 3 fully saturated rings. The van der Waals surface area contributed by atoms with Crippen LogP contribution >= 0.6 is 0 Å². The van der Waals surface area contributed by atoms with E-state index in [1.54, 1.807) is 24.3 Å². The fraction of sp³-hybridized carbons (Fsp3) is 0.500. The van der Waals surface area contributed by atoms with Crippen LogP contribution in [-0.2, 0) is 19.1 Å². The van der Waals surface area contributed by atoms with Crippen LogP contribution in [-0.4, -0.2) is 41.7 Å². The lowest BCUT2D eigenvalue weighted by Crippen LogP contribution is -2.40. The number of nitrogens with zero attached hydrogens (tertiary/aromatic N) is 1. The molecule has 1 saturated heterocycles. The summed E-state index contributed by atoms with van der Waals surface area (Å²) in [5, 5.41) is 2.71. The number of benzene rings is 1. The first-order valence-corrected chi connectivity index (χ1v) is 11.0. The molecule has 7 heteroatoms. The summed E-state index contributed by atoms with van der Waals surface area (Å²) in [4.78, 5) is 51.6. The molecule has 31 heavy (non-hydrogen) atoms. The molecule has 2 saturated carbocycles. The third-order valence-electron chi connectivity index (χ3n) is 7.01. The van der Waals surface area contributed by atoms with E-state index < -0.39 is 11.9 Å². The van der Waals surface area contributed by atoms with Crippen molar-refractivity contribution in [2.24, 2.45) is 41.4 Å². The van der Waals surface area contributed by atoms with Crippen molar-refractivity contribution in [3.63, 3.8) is 0 Å². The van der Waals surface area contributed by atoms with E-state index in [4.69, 9.17) is 4.74 Å². The monoisotopic (exact) mass is 422 g/mol. The van der Waals surface area contributed by atoms with Gasteiger partial charge in [-0.05, 0) is 60.3 Å². The number of nitrogens with one attached hydrogen (secondary N) is 1. The molecule has 0 unspecified atom stereocenters. The molecule has 3 amide bonds. The first-order valence-electron chi connectivity index (χ1n) is 11.0. The Labute approximate surface area is 180 Å². The number of rotatable bonds is 6. The summed E-state index contributed by atoms with van der Waals surface area (Å²) in [7, 11) is 0. The molecule has 1 aromatic rings. The maximum atomic E-state index is 13.0. The zero-order chi connectivity index (χ0) is 21.9. The van der Waals surface area contributed by atoms with E-state index in [0.717, 1.165) is 11.3 Å². The van der Waals surface area contributed by atoms with Crippen LogP contribution in [0.5, 0.6) is 0 Å². The minimum absolute atomic E-state index is 0.146. The van der Waals surface area contributed by atoms with Crippen LogP contribution in [0.4, 0.5) is 5.69 Å². The van der Waals surface area contributed by atoms with Crippen molar-refractivity contribution in [3.05, 3.63) is 42.0 Å². The summed E-state index contributed by atoms with van der Waals surface area (Å²) in [6.45, 7) is 3.98. The second-order valence-corrected chi connectivity index (χ2v) is 9.54. The van der Waals surface area contributed by atoms with Gasteiger partial charge in [-0.3, -0.25) is 19.3 Å². The summed E-state index contributed by atoms with van der Waals surface area (Å²) in [6.07, 6.45) is 5.34. The maximum absolute atomic E-state index is 13.0. The van der Waals surface area contributed by atoms with Crippen molar-refractivity contribution in [3.8, 4) is 0 Å². The minimum atomic E-state index is -0.430. The molecular weight excluding hydrogens is 396 g/mol. The Bertz CT molecular complexity index is 946. The molecule has 1 aliphatic heterocycles. The third kappa shape index (κ3) is 3.36. The number of anilines is 1. The summed E-state index contributed by atoms with van der Waals surface area (Å²) in [6, 6.07) is 6.37. The van der Waals surface area contributed by atoms with Crippen molar-refractivity contribution in [1.29, 1.82) is 0 Å². The van der Waals surface area contributed by atoms with Gasteiger partial charge in [0, 0.05) is 5.69 Å². The number of amides is 3. The lowest BCUT2D eigenvalue weighted by atomic mass is 9.63. The zero-order valence-corrected chi connectivity index (χ0v) is 17.6. The largest absolute Gasteiger partial charge is 0.462 e. The summed E-state index contributed by atoms with van der Waals surface area (Å²) in [5.41, 5.74) is 0.888. The predicted molar refractivity (Wildman–Crippen MR) is 112 cm³/mol. The molecule has 1 N–H and O–H groups in total. The fourth-order valence-electron chi connectivity index (χ4n) is 5.53. The van der Waals surface area contributed by atoms with Gasteiger partial charge in [-0.15, -0.1) is 0 Å². The molecule has 4 aliphatic carbocycles. The lowest BCUT2D eigenvalue weighted by Gasteiger charge is -2.37. The highest BCUT2D eigenvalue weighted by Crippen LogP contribution is 2.65. The number of allylic oxidation sites excluding steroid dienone is 2. The smallest absolute Gasteiger partial charge is 0.338 e. The highest BCUT2D eigenvalue weighted by Gasteiger charge is 2.67. The second kappa shape index (κ2) is 7.32. The summed E-state index contributed by atoms with van der Waals surface area (Å²) in [5.74, 6) is -0.245. The predicted octanol–water partition coefficient (Wildman–Crippen LogP) is 2.49. The van der Waals surface area contributed by atoms with Crippen LogP contribution in [0.2, 0.25) is 0 Å².